The van der Waals surface area contributed by atoms with E-state index in [9.17, 15) is 10.0 Å². The van der Waals surface area contributed by atoms with Crippen LogP contribution in [0.4, 0.5) is 0 Å². The maximum Gasteiger partial charge on any atom is 0.391 e. The lowest BCUT2D eigenvalue weighted by Gasteiger charge is -2.11. The van der Waals surface area contributed by atoms with E-state index in [2.05, 4.69) is 0 Å². The molecule has 2 N–H and O–H groups in total. The van der Waals surface area contributed by atoms with Crippen LogP contribution in [0.15, 0.2) is 24.0 Å². The molecule has 0 aromatic carbocycles. The number of carbonyl (C=O) groups is 1. The van der Waals surface area contributed by atoms with Gasteiger partial charge in [-0.15, -0.1) is 0 Å². The van der Waals surface area contributed by atoms with E-state index in [1.807, 2.05) is 0 Å². The van der Waals surface area contributed by atoms with Crippen molar-refractivity contribution in [2.75, 3.05) is 0 Å². The van der Waals surface area contributed by atoms with Crippen LogP contribution in [-0.4, -0.2) is 11.1 Å². The third kappa shape index (κ3) is 0.984. The van der Waals surface area contributed by atoms with Crippen LogP contribution in [0, 0.1) is 5.21 Å². The van der Waals surface area contributed by atoms with Gasteiger partial charge in [0, 0.05) is 6.08 Å². The van der Waals surface area contributed by atoms with Gasteiger partial charge in [0.25, 0.3) is 0 Å². The first kappa shape index (κ1) is 6.00. The van der Waals surface area contributed by atoms with Gasteiger partial charge in [-0.2, -0.15) is 0 Å². The predicted octanol–water partition coefficient (Wildman–Crippen LogP) is -1.14. The molecular weight excluding hydrogens is 122 g/mol. The molecule has 0 aliphatic carbocycles. The Kier molecular flexibility index (Phi) is 1.33. The lowest BCUT2D eigenvalue weighted by Crippen LogP contribution is -3.00. The molecule has 0 aromatic heterocycles. The van der Waals surface area contributed by atoms with Crippen molar-refractivity contribution in [2.45, 2.75) is 0 Å². The fourth-order valence-electron chi connectivity index (χ4n) is 0.580. The van der Waals surface area contributed by atoms with Gasteiger partial charge in [0.05, 0.1) is 6.20 Å². The van der Waals surface area contributed by atoms with Gasteiger partial charge in [0.2, 0.25) is 5.70 Å². The van der Waals surface area contributed by atoms with Crippen LogP contribution in [0.1, 0.15) is 0 Å². The van der Waals surface area contributed by atoms with Crippen LogP contribution in [-0.2, 0) is 4.79 Å². The maximum absolute atomic E-state index is 10.5. The molecule has 0 radical (unpaired) electrons. The lowest BCUT2D eigenvalue weighted by atomic mass is 10.4. The molecular formula is C5H5NO3. The molecule has 9 heavy (non-hydrogen) atoms. The zero-order valence-corrected chi connectivity index (χ0v) is 4.50. The molecule has 4 nitrogen and oxygen atoms in total. The van der Waals surface area contributed by atoms with E-state index >= 15 is 0 Å². The first-order chi connectivity index (χ1) is 4.22. The number of allylic oxidation sites excluding steroid dienone is 2. The molecule has 0 saturated carbocycles. The third-order valence-corrected chi connectivity index (χ3v) is 1.01. The minimum atomic E-state index is -1.16. The van der Waals surface area contributed by atoms with Crippen molar-refractivity contribution in [3.8, 4) is 0 Å². The Morgan fingerprint density at radius 2 is 2.44 bits per heavy atom. The van der Waals surface area contributed by atoms with Crippen LogP contribution in [0.2, 0.25) is 0 Å². The van der Waals surface area contributed by atoms with Crippen molar-refractivity contribution in [3.05, 3.63) is 29.3 Å². The average molecular weight is 127 g/mol. The Bertz CT molecular complexity index is 194. The smallest absolute Gasteiger partial charge is 0.391 e. The van der Waals surface area contributed by atoms with Crippen LogP contribution in [0.5, 0.6) is 0 Å². The molecule has 1 atom stereocenters. The highest BCUT2D eigenvalue weighted by Crippen LogP contribution is 1.89. The molecule has 0 bridgehead atoms. The van der Waals surface area contributed by atoms with Gasteiger partial charge in [-0.25, -0.2) is 4.79 Å². The average Bonchev–Trinajstić information content (AvgIpc) is 2.13. The first-order valence-electron chi connectivity index (χ1n) is 2.38. The number of hydrogen-bond acceptors (Lipinski definition) is 2. The first-order valence-corrected chi connectivity index (χ1v) is 2.38. The third-order valence-electron chi connectivity index (χ3n) is 1.01. The molecule has 1 unspecified atom stereocenters. The minimum absolute atomic E-state index is 0.157. The molecule has 0 spiro atoms. The molecule has 0 aromatic rings. The Hall–Kier alpha value is -1.13. The second-order valence-corrected chi connectivity index (χ2v) is 1.61. The van der Waals surface area contributed by atoms with Crippen molar-refractivity contribution < 1.29 is 15.0 Å². The van der Waals surface area contributed by atoms with Gasteiger partial charge in [-0.3, -0.25) is 0 Å². The van der Waals surface area contributed by atoms with E-state index in [4.69, 9.17) is 5.11 Å². The summed E-state index contributed by atoms with van der Waals surface area (Å²) in [6.07, 6.45) is 3.93. The molecule has 1 heterocycles. The largest absolute Gasteiger partial charge is 0.624 e. The fourth-order valence-corrected chi connectivity index (χ4v) is 0.580. The summed E-state index contributed by atoms with van der Waals surface area (Å²) in [5, 5.41) is 18.3. The summed E-state index contributed by atoms with van der Waals surface area (Å²) in [5.41, 5.74) is -0.157. The molecule has 0 saturated heterocycles. The van der Waals surface area contributed by atoms with E-state index in [1.54, 1.807) is 0 Å². The van der Waals surface area contributed by atoms with Gasteiger partial charge in [0.1, 0.15) is 0 Å². The SMILES string of the molecule is O=C(O)C1=CC=C[NH+]1[O-]. The van der Waals surface area contributed by atoms with Crippen molar-refractivity contribution in [1.29, 1.82) is 0 Å². The standard InChI is InChI=1S/C5H5NO3/c7-5(8)4-2-1-3-6(4)9/h1-3,6H,(H,7,8). The number of carboxylic acid groups (broad SMARTS) is 1. The fraction of sp³-hybridized carbons (Fsp3) is 0. The highest BCUT2D eigenvalue weighted by Gasteiger charge is 2.15. The summed E-state index contributed by atoms with van der Waals surface area (Å²) in [4.78, 5) is 10.1. The zero-order chi connectivity index (χ0) is 6.85. The summed E-state index contributed by atoms with van der Waals surface area (Å²) in [5.74, 6) is -1.16. The Morgan fingerprint density at radius 3 is 2.67 bits per heavy atom. The Balaban J connectivity index is 2.76. The zero-order valence-electron chi connectivity index (χ0n) is 4.50. The van der Waals surface area contributed by atoms with E-state index in [1.165, 1.54) is 18.4 Å². The number of quaternary nitrogens is 1. The predicted molar refractivity (Wildman–Crippen MR) is 29.2 cm³/mol. The Labute approximate surface area is 51.3 Å². The second kappa shape index (κ2) is 2.00. The van der Waals surface area contributed by atoms with Crippen molar-refractivity contribution in [1.82, 2.24) is 0 Å². The van der Waals surface area contributed by atoms with Crippen molar-refractivity contribution in [3.63, 3.8) is 0 Å². The van der Waals surface area contributed by atoms with Crippen molar-refractivity contribution >= 4 is 5.97 Å². The van der Waals surface area contributed by atoms with Crippen molar-refractivity contribution in [2.24, 2.45) is 0 Å². The molecule has 1 aliphatic rings. The van der Waals surface area contributed by atoms with E-state index < -0.39 is 11.0 Å². The highest BCUT2D eigenvalue weighted by atomic mass is 16.5. The summed E-state index contributed by atoms with van der Waals surface area (Å²) in [6.45, 7) is 0. The quantitative estimate of drug-likeness (QED) is 0.438. The molecule has 0 fully saturated rings. The summed E-state index contributed by atoms with van der Waals surface area (Å²) >= 11 is 0. The second-order valence-electron chi connectivity index (χ2n) is 1.61. The number of rotatable bonds is 1. The van der Waals surface area contributed by atoms with Gasteiger partial charge in [-0.05, 0) is 6.08 Å². The number of aliphatic carboxylic acids is 1. The van der Waals surface area contributed by atoms with Crippen LogP contribution in [0.3, 0.4) is 0 Å². The van der Waals surface area contributed by atoms with Gasteiger partial charge in [0.15, 0.2) is 0 Å². The van der Waals surface area contributed by atoms with Crippen LogP contribution >= 0.6 is 0 Å². The lowest BCUT2D eigenvalue weighted by molar-refractivity contribution is -0.738. The van der Waals surface area contributed by atoms with Crippen LogP contribution in [0.25, 0.3) is 0 Å². The molecule has 48 valence electrons. The normalized spacial score (nSPS) is 24.1. The highest BCUT2D eigenvalue weighted by molar-refractivity contribution is 5.84. The number of hydrogen-bond donors (Lipinski definition) is 2. The molecule has 4 heteroatoms. The van der Waals surface area contributed by atoms with Gasteiger partial charge in [-0.1, -0.05) is 0 Å². The molecule has 1 rings (SSSR count). The molecule has 0 amide bonds. The van der Waals surface area contributed by atoms with Gasteiger partial charge < -0.3 is 15.4 Å². The molecule has 1 aliphatic heterocycles. The van der Waals surface area contributed by atoms with E-state index in [-0.39, 0.29) is 5.70 Å². The maximum atomic E-state index is 10.5. The van der Waals surface area contributed by atoms with E-state index in [0.717, 1.165) is 0 Å². The number of nitrogens with one attached hydrogen (secondary N) is 1. The number of hydroxylamine groups is 2. The monoisotopic (exact) mass is 127 g/mol. The number of carboxylic acids is 1. The summed E-state index contributed by atoms with van der Waals surface area (Å²) in [6, 6.07) is 0. The summed E-state index contributed by atoms with van der Waals surface area (Å²) in [7, 11) is 0. The van der Waals surface area contributed by atoms with E-state index in [0.29, 0.717) is 0 Å². The van der Waals surface area contributed by atoms with Gasteiger partial charge >= 0.3 is 5.97 Å². The van der Waals surface area contributed by atoms with Crippen LogP contribution < -0.4 is 5.06 Å². The summed E-state index contributed by atoms with van der Waals surface area (Å²) < 4.78 is 0. The topological polar surface area (TPSA) is 64.8 Å². The Morgan fingerprint density at radius 1 is 1.78 bits per heavy atom. The minimum Gasteiger partial charge on any atom is -0.624 e.